The Kier molecular flexibility index (Phi) is 5.86. The van der Waals surface area contributed by atoms with Crippen LogP contribution in [0.5, 0.6) is 0 Å². The van der Waals surface area contributed by atoms with Crippen molar-refractivity contribution in [3.63, 3.8) is 0 Å². The Bertz CT molecular complexity index is 1210. The zero-order valence-electron chi connectivity index (χ0n) is 16.9. The lowest BCUT2D eigenvalue weighted by atomic mass is 10.1. The van der Waals surface area contributed by atoms with Crippen LogP contribution >= 0.6 is 0 Å². The van der Waals surface area contributed by atoms with Gasteiger partial charge in [-0.05, 0) is 42.8 Å². The Morgan fingerprint density at radius 2 is 1.33 bits per heavy atom. The third-order valence-electron chi connectivity index (χ3n) is 5.03. The van der Waals surface area contributed by atoms with Crippen molar-refractivity contribution in [2.45, 2.75) is 26.2 Å². The fourth-order valence-electron chi connectivity index (χ4n) is 3.51. The molecular formula is C24H25N3O2S. The predicted molar refractivity (Wildman–Crippen MR) is 126 cm³/mol. The van der Waals surface area contributed by atoms with Gasteiger partial charge in [-0.15, -0.1) is 0 Å². The maximum Gasteiger partial charge on any atom is 0.232 e. The van der Waals surface area contributed by atoms with E-state index in [2.05, 4.69) is 29.1 Å². The quantitative estimate of drug-likeness (QED) is 0.269. The standard InChI is InChI=1S/C24H25N3O2S/c1-2-3-8-17-30(28,29)27-19-15-13-18(14-16-19)25-24-20-9-4-6-11-22(20)26-23-12-7-5-10-21(23)24/h4-7,9-16,27H,2-3,8,17H2,1H3,(H,25,26). The van der Waals surface area contributed by atoms with Crippen LogP contribution in [0.2, 0.25) is 0 Å². The molecule has 0 atom stereocenters. The van der Waals surface area contributed by atoms with Gasteiger partial charge in [0.15, 0.2) is 0 Å². The van der Waals surface area contributed by atoms with Gasteiger partial charge in [-0.25, -0.2) is 13.4 Å². The first-order valence-corrected chi connectivity index (χ1v) is 11.9. The second-order valence-electron chi connectivity index (χ2n) is 7.35. The Morgan fingerprint density at radius 3 is 1.93 bits per heavy atom. The summed E-state index contributed by atoms with van der Waals surface area (Å²) in [4.78, 5) is 4.75. The molecule has 2 N–H and O–H groups in total. The van der Waals surface area contributed by atoms with Gasteiger partial charge in [0.05, 0.1) is 22.5 Å². The van der Waals surface area contributed by atoms with E-state index in [1.54, 1.807) is 12.1 Å². The molecule has 6 heteroatoms. The van der Waals surface area contributed by atoms with Gasteiger partial charge in [0, 0.05) is 22.1 Å². The zero-order chi connectivity index (χ0) is 21.0. The zero-order valence-corrected chi connectivity index (χ0v) is 17.7. The molecule has 0 aliphatic rings. The number of sulfonamides is 1. The van der Waals surface area contributed by atoms with Gasteiger partial charge in [0.1, 0.15) is 0 Å². The van der Waals surface area contributed by atoms with E-state index in [-0.39, 0.29) is 5.75 Å². The number of unbranched alkanes of at least 4 members (excludes halogenated alkanes) is 2. The van der Waals surface area contributed by atoms with Crippen molar-refractivity contribution < 1.29 is 8.42 Å². The molecular weight excluding hydrogens is 394 g/mol. The molecule has 5 nitrogen and oxygen atoms in total. The fourth-order valence-corrected chi connectivity index (χ4v) is 4.69. The summed E-state index contributed by atoms with van der Waals surface area (Å²) < 4.78 is 27.1. The van der Waals surface area contributed by atoms with Gasteiger partial charge in [0.25, 0.3) is 0 Å². The molecule has 0 saturated carbocycles. The number of anilines is 3. The number of aromatic nitrogens is 1. The van der Waals surface area contributed by atoms with Crippen LogP contribution in [0.4, 0.5) is 17.1 Å². The summed E-state index contributed by atoms with van der Waals surface area (Å²) in [7, 11) is -3.31. The van der Waals surface area contributed by atoms with E-state index in [4.69, 9.17) is 4.98 Å². The molecule has 0 amide bonds. The highest BCUT2D eigenvalue weighted by Gasteiger charge is 2.11. The summed E-state index contributed by atoms with van der Waals surface area (Å²) in [5.74, 6) is 0.149. The smallest absolute Gasteiger partial charge is 0.232 e. The van der Waals surface area contributed by atoms with Gasteiger partial charge in [0.2, 0.25) is 10.0 Å². The normalized spacial score (nSPS) is 11.6. The number of rotatable bonds is 8. The lowest BCUT2D eigenvalue weighted by Crippen LogP contribution is -2.16. The van der Waals surface area contributed by atoms with Crippen molar-refractivity contribution in [2.24, 2.45) is 0 Å². The van der Waals surface area contributed by atoms with E-state index in [1.807, 2.05) is 48.5 Å². The molecule has 0 fully saturated rings. The summed E-state index contributed by atoms with van der Waals surface area (Å²) >= 11 is 0. The van der Waals surface area contributed by atoms with Gasteiger partial charge in [-0.1, -0.05) is 56.2 Å². The third-order valence-corrected chi connectivity index (χ3v) is 6.40. The van der Waals surface area contributed by atoms with E-state index >= 15 is 0 Å². The number of hydrogen-bond acceptors (Lipinski definition) is 4. The van der Waals surface area contributed by atoms with Crippen LogP contribution in [-0.2, 0) is 10.0 Å². The van der Waals surface area contributed by atoms with Crippen LogP contribution in [0.3, 0.4) is 0 Å². The molecule has 0 bridgehead atoms. The molecule has 0 aliphatic carbocycles. The van der Waals surface area contributed by atoms with Crippen LogP contribution in [-0.4, -0.2) is 19.2 Å². The van der Waals surface area contributed by atoms with Crippen molar-refractivity contribution in [1.29, 1.82) is 0 Å². The Morgan fingerprint density at radius 1 is 0.767 bits per heavy atom. The number of pyridine rings is 1. The first-order valence-electron chi connectivity index (χ1n) is 10.2. The molecule has 4 rings (SSSR count). The lowest BCUT2D eigenvalue weighted by molar-refractivity contribution is 0.596. The second-order valence-corrected chi connectivity index (χ2v) is 9.19. The van der Waals surface area contributed by atoms with Crippen molar-refractivity contribution in [1.82, 2.24) is 4.98 Å². The number of benzene rings is 3. The SMILES string of the molecule is CCCCCS(=O)(=O)Nc1ccc(Nc2c3ccccc3nc3ccccc23)cc1. The number of para-hydroxylation sites is 2. The topological polar surface area (TPSA) is 71.1 Å². The summed E-state index contributed by atoms with van der Waals surface area (Å²) in [6.45, 7) is 2.06. The number of nitrogens with zero attached hydrogens (tertiary/aromatic N) is 1. The Balaban J connectivity index is 1.60. The largest absolute Gasteiger partial charge is 0.354 e. The molecule has 154 valence electrons. The van der Waals surface area contributed by atoms with Gasteiger partial charge in [-0.3, -0.25) is 4.72 Å². The van der Waals surface area contributed by atoms with Crippen molar-refractivity contribution in [3.8, 4) is 0 Å². The first-order chi connectivity index (χ1) is 14.6. The molecule has 4 aromatic rings. The summed E-state index contributed by atoms with van der Waals surface area (Å²) in [5, 5.41) is 5.58. The number of fused-ring (bicyclic) bond motifs is 2. The van der Waals surface area contributed by atoms with E-state index in [0.29, 0.717) is 12.1 Å². The van der Waals surface area contributed by atoms with Gasteiger partial charge < -0.3 is 5.32 Å². The van der Waals surface area contributed by atoms with Crippen molar-refractivity contribution in [3.05, 3.63) is 72.8 Å². The average Bonchev–Trinajstić information content (AvgIpc) is 2.75. The maximum atomic E-state index is 12.2. The summed E-state index contributed by atoms with van der Waals surface area (Å²) in [6.07, 6.45) is 2.58. The third kappa shape index (κ3) is 4.54. The molecule has 0 spiro atoms. The molecule has 0 aliphatic heterocycles. The lowest BCUT2D eigenvalue weighted by Gasteiger charge is -2.14. The number of hydrogen-bond donors (Lipinski definition) is 2. The summed E-state index contributed by atoms with van der Waals surface area (Å²) in [6, 6.07) is 23.4. The second kappa shape index (κ2) is 8.71. The molecule has 0 saturated heterocycles. The monoisotopic (exact) mass is 419 g/mol. The highest BCUT2D eigenvalue weighted by molar-refractivity contribution is 7.92. The maximum absolute atomic E-state index is 12.2. The minimum atomic E-state index is -3.31. The Hall–Kier alpha value is -3.12. The van der Waals surface area contributed by atoms with E-state index in [1.165, 1.54) is 0 Å². The number of nitrogens with one attached hydrogen (secondary N) is 2. The van der Waals surface area contributed by atoms with Crippen LogP contribution in [0.1, 0.15) is 26.2 Å². The van der Waals surface area contributed by atoms with Crippen molar-refractivity contribution >= 4 is 48.9 Å². The minimum Gasteiger partial charge on any atom is -0.354 e. The average molecular weight is 420 g/mol. The Labute approximate surface area is 177 Å². The summed E-state index contributed by atoms with van der Waals surface area (Å²) in [5.41, 5.74) is 4.29. The molecule has 3 aromatic carbocycles. The minimum absolute atomic E-state index is 0.149. The van der Waals surface area contributed by atoms with Crippen LogP contribution in [0.15, 0.2) is 72.8 Å². The van der Waals surface area contributed by atoms with Crippen LogP contribution in [0, 0.1) is 0 Å². The molecule has 30 heavy (non-hydrogen) atoms. The van der Waals surface area contributed by atoms with Crippen LogP contribution < -0.4 is 10.0 Å². The van der Waals surface area contributed by atoms with E-state index < -0.39 is 10.0 Å². The molecule has 0 radical (unpaired) electrons. The highest BCUT2D eigenvalue weighted by atomic mass is 32.2. The highest BCUT2D eigenvalue weighted by Crippen LogP contribution is 2.33. The van der Waals surface area contributed by atoms with E-state index in [9.17, 15) is 8.42 Å². The fraction of sp³-hybridized carbons (Fsp3) is 0.208. The molecule has 0 unspecified atom stereocenters. The van der Waals surface area contributed by atoms with Gasteiger partial charge >= 0.3 is 0 Å². The van der Waals surface area contributed by atoms with E-state index in [0.717, 1.165) is 46.0 Å². The van der Waals surface area contributed by atoms with Gasteiger partial charge in [-0.2, -0.15) is 0 Å². The predicted octanol–water partition coefficient (Wildman–Crippen LogP) is 6.06. The first kappa shape index (κ1) is 20.2. The van der Waals surface area contributed by atoms with Crippen molar-refractivity contribution in [2.75, 3.05) is 15.8 Å². The molecule has 1 heterocycles. The molecule has 1 aromatic heterocycles. The van der Waals surface area contributed by atoms with Crippen LogP contribution in [0.25, 0.3) is 21.8 Å².